The summed E-state index contributed by atoms with van der Waals surface area (Å²) in [6.45, 7) is 0. The highest BCUT2D eigenvalue weighted by atomic mass is 79.9. The first-order valence-corrected chi connectivity index (χ1v) is 2.60. The first-order valence-electron chi connectivity index (χ1n) is 1.81. The monoisotopic (exact) mass is 178 g/mol. The molecule has 0 aliphatic heterocycles. The van der Waals surface area contributed by atoms with Crippen molar-refractivity contribution in [3.05, 3.63) is 10.8 Å². The molecule has 0 bridgehead atoms. The SMILES string of the molecule is Cn1cc(Br)nn1.N. The number of hydrogen-bond donors (Lipinski definition) is 1. The molecule has 0 fully saturated rings. The van der Waals surface area contributed by atoms with Crippen LogP contribution in [0.2, 0.25) is 0 Å². The third-order valence-corrected chi connectivity index (χ3v) is 0.938. The zero-order valence-electron chi connectivity index (χ0n) is 4.50. The second-order valence-corrected chi connectivity index (χ2v) is 2.03. The van der Waals surface area contributed by atoms with Crippen LogP contribution in [0.5, 0.6) is 0 Å². The zero-order chi connectivity index (χ0) is 5.28. The number of aromatic nitrogens is 3. The van der Waals surface area contributed by atoms with E-state index in [0.717, 1.165) is 4.60 Å². The predicted octanol–water partition coefficient (Wildman–Crippen LogP) is 0.740. The van der Waals surface area contributed by atoms with Crippen molar-refractivity contribution in [1.82, 2.24) is 21.1 Å². The summed E-state index contributed by atoms with van der Waals surface area (Å²) in [6.07, 6.45) is 1.78. The highest BCUT2D eigenvalue weighted by Gasteiger charge is 1.86. The van der Waals surface area contributed by atoms with Crippen molar-refractivity contribution in [2.24, 2.45) is 7.05 Å². The Balaban J connectivity index is 0.000000490. The van der Waals surface area contributed by atoms with E-state index in [9.17, 15) is 0 Å². The first kappa shape index (κ1) is 7.58. The Kier molecular flexibility index (Phi) is 2.64. The first-order chi connectivity index (χ1) is 3.29. The van der Waals surface area contributed by atoms with Crippen molar-refractivity contribution in [2.75, 3.05) is 0 Å². The van der Waals surface area contributed by atoms with Gasteiger partial charge in [-0.2, -0.15) is 0 Å². The van der Waals surface area contributed by atoms with E-state index in [2.05, 4.69) is 26.2 Å². The molecule has 4 nitrogen and oxygen atoms in total. The van der Waals surface area contributed by atoms with Gasteiger partial charge in [0.05, 0.1) is 6.20 Å². The Morgan fingerprint density at radius 2 is 2.38 bits per heavy atom. The molecule has 8 heavy (non-hydrogen) atoms. The van der Waals surface area contributed by atoms with Crippen LogP contribution in [0, 0.1) is 0 Å². The van der Waals surface area contributed by atoms with Gasteiger partial charge in [0.25, 0.3) is 0 Å². The van der Waals surface area contributed by atoms with Gasteiger partial charge in [0.1, 0.15) is 4.60 Å². The Bertz CT molecular complexity index is 144. The molecule has 0 aliphatic rings. The van der Waals surface area contributed by atoms with Crippen LogP contribution in [0.1, 0.15) is 0 Å². The summed E-state index contributed by atoms with van der Waals surface area (Å²) >= 11 is 3.14. The van der Waals surface area contributed by atoms with Crippen LogP contribution in [0.25, 0.3) is 0 Å². The van der Waals surface area contributed by atoms with Gasteiger partial charge in [-0.05, 0) is 15.9 Å². The second kappa shape index (κ2) is 2.78. The van der Waals surface area contributed by atoms with Gasteiger partial charge in [-0.25, -0.2) is 0 Å². The summed E-state index contributed by atoms with van der Waals surface area (Å²) in [6, 6.07) is 0. The van der Waals surface area contributed by atoms with Gasteiger partial charge in [-0.3, -0.25) is 4.68 Å². The van der Waals surface area contributed by atoms with Gasteiger partial charge in [0.2, 0.25) is 0 Å². The standard InChI is InChI=1S/C3H4BrN3.H3N/c1-7-2-3(4)5-6-7;/h2H,1H3;1H3. The Morgan fingerprint density at radius 1 is 1.75 bits per heavy atom. The zero-order valence-corrected chi connectivity index (χ0v) is 6.09. The lowest BCUT2D eigenvalue weighted by Gasteiger charge is -1.74. The molecule has 1 aromatic rings. The van der Waals surface area contributed by atoms with Crippen LogP contribution in [-0.2, 0) is 7.05 Å². The smallest absolute Gasteiger partial charge is 0.148 e. The average molecular weight is 179 g/mol. The highest BCUT2D eigenvalue weighted by molar-refractivity contribution is 9.10. The number of halogens is 1. The lowest BCUT2D eigenvalue weighted by atomic mass is 10.9. The van der Waals surface area contributed by atoms with Crippen LogP contribution in [0.4, 0.5) is 0 Å². The fourth-order valence-electron chi connectivity index (χ4n) is 0.319. The fourth-order valence-corrected chi connectivity index (χ4v) is 0.686. The molecule has 3 N–H and O–H groups in total. The summed E-state index contributed by atoms with van der Waals surface area (Å²) in [5.41, 5.74) is 0. The van der Waals surface area contributed by atoms with Gasteiger partial charge in [0.15, 0.2) is 0 Å². The molecule has 0 aromatic carbocycles. The lowest BCUT2D eigenvalue weighted by Crippen LogP contribution is -1.85. The molecule has 0 atom stereocenters. The van der Waals surface area contributed by atoms with E-state index in [1.165, 1.54) is 0 Å². The quantitative estimate of drug-likeness (QED) is 0.638. The number of nitrogens with zero attached hydrogens (tertiary/aromatic N) is 3. The Morgan fingerprint density at radius 3 is 2.50 bits per heavy atom. The molecule has 0 saturated heterocycles. The maximum atomic E-state index is 3.65. The molecule has 0 saturated carbocycles. The van der Waals surface area contributed by atoms with Crippen LogP contribution in [0.3, 0.4) is 0 Å². The molecule has 0 radical (unpaired) electrons. The number of aryl methyl sites for hydroxylation is 1. The van der Waals surface area contributed by atoms with Crippen molar-refractivity contribution in [3.8, 4) is 0 Å². The van der Waals surface area contributed by atoms with Gasteiger partial charge >= 0.3 is 0 Å². The van der Waals surface area contributed by atoms with E-state index in [1.54, 1.807) is 10.9 Å². The third kappa shape index (κ3) is 1.59. The Labute approximate surface area is 55.6 Å². The summed E-state index contributed by atoms with van der Waals surface area (Å²) in [7, 11) is 1.82. The largest absolute Gasteiger partial charge is 0.344 e. The number of hydrogen-bond acceptors (Lipinski definition) is 3. The minimum Gasteiger partial charge on any atom is -0.344 e. The van der Waals surface area contributed by atoms with Crippen molar-refractivity contribution in [3.63, 3.8) is 0 Å². The molecule has 0 amide bonds. The predicted molar refractivity (Wildman–Crippen MR) is 33.7 cm³/mol. The molecule has 0 aliphatic carbocycles. The molecule has 0 unspecified atom stereocenters. The van der Waals surface area contributed by atoms with Gasteiger partial charge in [-0.15, -0.1) is 5.10 Å². The molecule has 1 aromatic heterocycles. The van der Waals surface area contributed by atoms with Crippen LogP contribution in [-0.4, -0.2) is 15.0 Å². The average Bonchev–Trinajstić information content (AvgIpc) is 1.87. The molecular weight excluding hydrogens is 172 g/mol. The molecule has 1 rings (SSSR count). The molecule has 1 heterocycles. The van der Waals surface area contributed by atoms with Crippen molar-refractivity contribution in [2.45, 2.75) is 0 Å². The maximum Gasteiger partial charge on any atom is 0.148 e. The summed E-state index contributed by atoms with van der Waals surface area (Å²) < 4.78 is 2.40. The van der Waals surface area contributed by atoms with Crippen LogP contribution < -0.4 is 6.15 Å². The normalized spacial score (nSPS) is 8.25. The maximum absolute atomic E-state index is 3.65. The Hall–Kier alpha value is -0.420. The highest BCUT2D eigenvalue weighted by Crippen LogP contribution is 1.98. The van der Waals surface area contributed by atoms with Gasteiger partial charge in [-0.1, -0.05) is 5.21 Å². The van der Waals surface area contributed by atoms with Gasteiger partial charge in [0, 0.05) is 7.05 Å². The van der Waals surface area contributed by atoms with Crippen LogP contribution >= 0.6 is 15.9 Å². The summed E-state index contributed by atoms with van der Waals surface area (Å²) in [5, 5.41) is 7.28. The van der Waals surface area contributed by atoms with Crippen LogP contribution in [0.15, 0.2) is 10.8 Å². The van der Waals surface area contributed by atoms with E-state index in [4.69, 9.17) is 0 Å². The van der Waals surface area contributed by atoms with E-state index < -0.39 is 0 Å². The third-order valence-electron chi connectivity index (χ3n) is 0.575. The topological polar surface area (TPSA) is 65.7 Å². The summed E-state index contributed by atoms with van der Waals surface area (Å²) in [5.74, 6) is 0. The summed E-state index contributed by atoms with van der Waals surface area (Å²) in [4.78, 5) is 0. The van der Waals surface area contributed by atoms with E-state index >= 15 is 0 Å². The lowest BCUT2D eigenvalue weighted by molar-refractivity contribution is 0.714. The minimum absolute atomic E-state index is 0. The minimum atomic E-state index is 0. The number of rotatable bonds is 0. The molecule has 5 heteroatoms. The second-order valence-electron chi connectivity index (χ2n) is 1.21. The fraction of sp³-hybridized carbons (Fsp3) is 0.333. The molecule has 0 spiro atoms. The van der Waals surface area contributed by atoms with Crippen molar-refractivity contribution < 1.29 is 0 Å². The van der Waals surface area contributed by atoms with Gasteiger partial charge < -0.3 is 6.15 Å². The molecular formula is C3H7BrN4. The van der Waals surface area contributed by atoms with Crippen molar-refractivity contribution >= 4 is 15.9 Å². The van der Waals surface area contributed by atoms with E-state index in [-0.39, 0.29) is 6.15 Å². The molecule has 46 valence electrons. The van der Waals surface area contributed by atoms with E-state index in [0.29, 0.717) is 0 Å². The van der Waals surface area contributed by atoms with E-state index in [1.807, 2.05) is 7.05 Å². The van der Waals surface area contributed by atoms with Crippen molar-refractivity contribution in [1.29, 1.82) is 0 Å².